The SMILES string of the molecule is CC1[C@H]2[C@H](C[C@H]3[C@@H]4CC=C5CC(O)CC[C@]5(C)[C@H]4CC[C@@]32C)O[C@]12CC[C@H](C)CO2. The summed E-state index contributed by atoms with van der Waals surface area (Å²) in [6, 6.07) is 0. The Balaban J connectivity index is 1.28. The summed E-state index contributed by atoms with van der Waals surface area (Å²) in [6.07, 6.45) is 13.5. The fourth-order valence-electron chi connectivity index (χ4n) is 9.66. The van der Waals surface area contributed by atoms with E-state index in [9.17, 15) is 5.11 Å². The van der Waals surface area contributed by atoms with Gasteiger partial charge in [0, 0.05) is 12.3 Å². The Hall–Kier alpha value is -0.380. The number of aliphatic hydroxyl groups is 1. The molecule has 3 saturated carbocycles. The third-order valence-electron chi connectivity index (χ3n) is 11.3. The van der Waals surface area contributed by atoms with Crippen molar-refractivity contribution in [3.8, 4) is 0 Å². The van der Waals surface area contributed by atoms with Crippen LogP contribution in [-0.2, 0) is 9.47 Å². The summed E-state index contributed by atoms with van der Waals surface area (Å²) in [4.78, 5) is 0. The van der Waals surface area contributed by atoms with Gasteiger partial charge in [-0.3, -0.25) is 0 Å². The van der Waals surface area contributed by atoms with Gasteiger partial charge in [-0.2, -0.15) is 0 Å². The van der Waals surface area contributed by atoms with Gasteiger partial charge in [0.15, 0.2) is 5.79 Å². The maximum atomic E-state index is 10.3. The maximum absolute atomic E-state index is 10.3. The summed E-state index contributed by atoms with van der Waals surface area (Å²) >= 11 is 0. The zero-order valence-electron chi connectivity index (χ0n) is 19.5. The molecule has 168 valence electrons. The smallest absolute Gasteiger partial charge is 0.171 e. The van der Waals surface area contributed by atoms with Crippen LogP contribution >= 0.6 is 0 Å². The minimum atomic E-state index is -0.294. The fraction of sp³-hybridized carbons (Fsp3) is 0.926. The van der Waals surface area contributed by atoms with Crippen molar-refractivity contribution in [3.63, 3.8) is 0 Å². The Bertz CT molecular complexity index is 736. The Morgan fingerprint density at radius 1 is 1.03 bits per heavy atom. The summed E-state index contributed by atoms with van der Waals surface area (Å²) in [6.45, 7) is 10.8. The molecular formula is C27H42O3. The lowest BCUT2D eigenvalue weighted by Gasteiger charge is -2.58. The number of hydrogen-bond donors (Lipinski definition) is 1. The van der Waals surface area contributed by atoms with Gasteiger partial charge < -0.3 is 14.6 Å². The van der Waals surface area contributed by atoms with Crippen LogP contribution < -0.4 is 0 Å². The highest BCUT2D eigenvalue weighted by atomic mass is 16.7. The molecule has 0 amide bonds. The first kappa shape index (κ1) is 20.2. The fourth-order valence-corrected chi connectivity index (χ4v) is 9.66. The van der Waals surface area contributed by atoms with E-state index in [1.54, 1.807) is 5.57 Å². The number of allylic oxidation sites excluding steroid dienone is 1. The molecule has 2 saturated heterocycles. The Kier molecular flexibility index (Phi) is 4.44. The molecule has 2 aliphatic heterocycles. The molecule has 2 heterocycles. The summed E-state index contributed by atoms with van der Waals surface area (Å²) in [5, 5.41) is 10.3. The third-order valence-corrected chi connectivity index (χ3v) is 11.3. The van der Waals surface area contributed by atoms with E-state index in [2.05, 4.69) is 33.8 Å². The highest BCUT2D eigenvalue weighted by Gasteiger charge is 2.68. The first-order valence-corrected chi connectivity index (χ1v) is 13.0. The lowest BCUT2D eigenvalue weighted by atomic mass is 9.47. The van der Waals surface area contributed by atoms with Crippen molar-refractivity contribution in [1.82, 2.24) is 0 Å². The summed E-state index contributed by atoms with van der Waals surface area (Å²) in [7, 11) is 0. The molecule has 0 radical (unpaired) electrons. The van der Waals surface area contributed by atoms with Crippen molar-refractivity contribution in [2.75, 3.05) is 6.61 Å². The van der Waals surface area contributed by atoms with Crippen LogP contribution in [0, 0.1) is 46.3 Å². The molecule has 0 bridgehead atoms. The predicted octanol–water partition coefficient (Wildman–Crippen LogP) is 5.71. The van der Waals surface area contributed by atoms with Gasteiger partial charge in [-0.1, -0.05) is 39.3 Å². The maximum Gasteiger partial charge on any atom is 0.171 e. The first-order chi connectivity index (χ1) is 14.3. The van der Waals surface area contributed by atoms with Crippen LogP contribution in [0.3, 0.4) is 0 Å². The van der Waals surface area contributed by atoms with Crippen LogP contribution in [0.4, 0.5) is 0 Å². The molecule has 3 heteroatoms. The quantitative estimate of drug-likeness (QED) is 0.516. The molecule has 0 aromatic rings. The van der Waals surface area contributed by atoms with E-state index < -0.39 is 0 Å². The summed E-state index contributed by atoms with van der Waals surface area (Å²) in [5.41, 5.74) is 2.31. The van der Waals surface area contributed by atoms with Gasteiger partial charge in [0.05, 0.1) is 18.8 Å². The van der Waals surface area contributed by atoms with Crippen molar-refractivity contribution in [2.45, 2.75) is 103 Å². The van der Waals surface area contributed by atoms with Crippen LogP contribution in [0.15, 0.2) is 11.6 Å². The Morgan fingerprint density at radius 3 is 2.63 bits per heavy atom. The third kappa shape index (κ3) is 2.55. The topological polar surface area (TPSA) is 38.7 Å². The van der Waals surface area contributed by atoms with E-state index in [1.165, 1.54) is 38.5 Å². The van der Waals surface area contributed by atoms with Gasteiger partial charge in [0.2, 0.25) is 0 Å². The highest BCUT2D eigenvalue weighted by molar-refractivity contribution is 5.26. The van der Waals surface area contributed by atoms with Crippen molar-refractivity contribution >= 4 is 0 Å². The molecule has 0 aromatic heterocycles. The number of fused-ring (bicyclic) bond motifs is 7. The Morgan fingerprint density at radius 2 is 1.87 bits per heavy atom. The summed E-state index contributed by atoms with van der Waals surface area (Å²) in [5.74, 6) is 3.94. The molecule has 6 aliphatic rings. The van der Waals surface area contributed by atoms with E-state index in [0.717, 1.165) is 43.6 Å². The van der Waals surface area contributed by atoms with Crippen LogP contribution in [0.5, 0.6) is 0 Å². The van der Waals surface area contributed by atoms with E-state index >= 15 is 0 Å². The Labute approximate surface area is 183 Å². The average molecular weight is 415 g/mol. The van der Waals surface area contributed by atoms with Gasteiger partial charge in [0.25, 0.3) is 0 Å². The molecule has 5 fully saturated rings. The van der Waals surface area contributed by atoms with E-state index in [4.69, 9.17) is 9.47 Å². The number of hydrogen-bond acceptors (Lipinski definition) is 3. The molecular weight excluding hydrogens is 372 g/mol. The minimum absolute atomic E-state index is 0.107. The molecule has 1 spiro atoms. The normalized spacial score (nSPS) is 59.8. The second kappa shape index (κ2) is 6.58. The van der Waals surface area contributed by atoms with Crippen molar-refractivity contribution < 1.29 is 14.6 Å². The zero-order valence-corrected chi connectivity index (χ0v) is 19.5. The highest BCUT2D eigenvalue weighted by Crippen LogP contribution is 2.70. The molecule has 6 rings (SSSR count). The van der Waals surface area contributed by atoms with Crippen LogP contribution in [0.2, 0.25) is 0 Å². The largest absolute Gasteiger partial charge is 0.393 e. The zero-order chi connectivity index (χ0) is 20.9. The molecule has 0 aromatic carbocycles. The standard InChI is InChI=1S/C27H42O3/c1-16-7-12-27(29-15-16)17(2)24-23(30-27)14-22-20-6-5-18-13-19(28)8-10-25(18,3)21(20)9-11-26(22,24)4/h5,16-17,19-24,28H,6-15H2,1-4H3/t16-,17?,19?,20+,21-,22-,23-,24-,25-,26-,27+/m0/s1. The lowest BCUT2D eigenvalue weighted by molar-refractivity contribution is -0.272. The molecule has 11 atom stereocenters. The van der Waals surface area contributed by atoms with Gasteiger partial charge in [-0.05, 0) is 91.8 Å². The van der Waals surface area contributed by atoms with E-state index in [-0.39, 0.29) is 11.9 Å². The predicted molar refractivity (Wildman–Crippen MR) is 118 cm³/mol. The average Bonchev–Trinajstić information content (AvgIpc) is 3.16. The molecule has 1 N–H and O–H groups in total. The van der Waals surface area contributed by atoms with Crippen molar-refractivity contribution in [1.29, 1.82) is 0 Å². The molecule has 4 aliphatic carbocycles. The van der Waals surface area contributed by atoms with Crippen LogP contribution in [-0.4, -0.2) is 29.7 Å². The monoisotopic (exact) mass is 414 g/mol. The van der Waals surface area contributed by atoms with Gasteiger partial charge in [-0.25, -0.2) is 0 Å². The first-order valence-electron chi connectivity index (χ1n) is 13.0. The van der Waals surface area contributed by atoms with Crippen LogP contribution in [0.25, 0.3) is 0 Å². The van der Waals surface area contributed by atoms with Gasteiger partial charge in [-0.15, -0.1) is 0 Å². The molecule has 30 heavy (non-hydrogen) atoms. The second-order valence-electron chi connectivity index (χ2n) is 12.7. The van der Waals surface area contributed by atoms with Gasteiger partial charge >= 0.3 is 0 Å². The number of ether oxygens (including phenoxy) is 2. The lowest BCUT2D eigenvalue weighted by Crippen LogP contribution is -2.52. The minimum Gasteiger partial charge on any atom is -0.393 e. The second-order valence-corrected chi connectivity index (χ2v) is 12.7. The van der Waals surface area contributed by atoms with Crippen molar-refractivity contribution in [2.24, 2.45) is 46.3 Å². The van der Waals surface area contributed by atoms with Crippen LogP contribution in [0.1, 0.15) is 85.5 Å². The number of aliphatic hydroxyl groups excluding tert-OH is 1. The van der Waals surface area contributed by atoms with E-state index in [0.29, 0.717) is 34.7 Å². The van der Waals surface area contributed by atoms with E-state index in [1.807, 2.05) is 0 Å². The summed E-state index contributed by atoms with van der Waals surface area (Å²) < 4.78 is 13.3. The molecule has 2 unspecified atom stereocenters. The van der Waals surface area contributed by atoms with Crippen molar-refractivity contribution in [3.05, 3.63) is 11.6 Å². The van der Waals surface area contributed by atoms with Gasteiger partial charge in [0.1, 0.15) is 0 Å². The number of rotatable bonds is 0. The molecule has 3 nitrogen and oxygen atoms in total.